The number of ether oxygens (including phenoxy) is 1. The summed E-state index contributed by atoms with van der Waals surface area (Å²) in [7, 11) is 1.52. The predicted octanol–water partition coefficient (Wildman–Crippen LogP) is 1.64. The van der Waals surface area contributed by atoms with Crippen molar-refractivity contribution in [2.75, 3.05) is 18.2 Å². The number of hydrogen-bond donors (Lipinski definition) is 2. The molecule has 21 heavy (non-hydrogen) atoms. The number of nitrogen functional groups attached to an aromatic ring is 1. The van der Waals surface area contributed by atoms with Crippen molar-refractivity contribution in [2.24, 2.45) is 0 Å². The molecular weight excluding hydrogens is 270 g/mol. The number of amides is 1. The zero-order chi connectivity index (χ0) is 15.4. The number of anilines is 2. The van der Waals surface area contributed by atoms with Gasteiger partial charge in [0, 0.05) is 18.0 Å². The lowest BCUT2D eigenvalue weighted by Gasteiger charge is -2.16. The summed E-state index contributed by atoms with van der Waals surface area (Å²) in [6.07, 6.45) is 1.45. The summed E-state index contributed by atoms with van der Waals surface area (Å²) in [4.78, 5) is 24.1. The van der Waals surface area contributed by atoms with Gasteiger partial charge in [0.2, 0.25) is 5.91 Å². The van der Waals surface area contributed by atoms with Gasteiger partial charge in [0.25, 0.3) is 5.56 Å². The number of nitrogens with two attached hydrogens (primary N) is 1. The van der Waals surface area contributed by atoms with Crippen LogP contribution in [0.4, 0.5) is 11.4 Å². The van der Waals surface area contributed by atoms with Crippen LogP contribution in [-0.4, -0.2) is 17.6 Å². The number of rotatable bonds is 4. The first-order valence-electron chi connectivity index (χ1n) is 6.44. The highest BCUT2D eigenvalue weighted by Gasteiger charge is 2.17. The third kappa shape index (κ3) is 3.22. The SMILES string of the molecule is COc1ccccc1NC(=O)C(C)n1cc(N)ccc1=O. The topological polar surface area (TPSA) is 86.3 Å². The molecule has 1 amide bonds. The Labute approximate surface area is 122 Å². The molecule has 0 bridgehead atoms. The van der Waals surface area contributed by atoms with Crippen LogP contribution in [-0.2, 0) is 4.79 Å². The summed E-state index contributed by atoms with van der Waals surface area (Å²) in [6.45, 7) is 1.63. The molecule has 2 aromatic rings. The molecule has 1 aromatic heterocycles. The number of nitrogens with zero attached hydrogens (tertiary/aromatic N) is 1. The van der Waals surface area contributed by atoms with E-state index in [-0.39, 0.29) is 11.5 Å². The van der Waals surface area contributed by atoms with Gasteiger partial charge in [0.15, 0.2) is 0 Å². The van der Waals surface area contributed by atoms with Gasteiger partial charge in [0.1, 0.15) is 11.8 Å². The number of carbonyl (C=O) groups is 1. The number of nitrogens with one attached hydrogen (secondary N) is 1. The minimum atomic E-state index is -0.689. The molecule has 1 aromatic carbocycles. The molecule has 6 heteroatoms. The van der Waals surface area contributed by atoms with Gasteiger partial charge in [-0.2, -0.15) is 0 Å². The van der Waals surface area contributed by atoms with E-state index in [1.54, 1.807) is 31.2 Å². The van der Waals surface area contributed by atoms with Gasteiger partial charge in [-0.15, -0.1) is 0 Å². The van der Waals surface area contributed by atoms with Crippen LogP contribution >= 0.6 is 0 Å². The van der Waals surface area contributed by atoms with Gasteiger partial charge in [-0.3, -0.25) is 9.59 Å². The average molecular weight is 287 g/mol. The van der Waals surface area contributed by atoms with Gasteiger partial charge in [-0.1, -0.05) is 12.1 Å². The maximum atomic E-state index is 12.3. The Bertz CT molecular complexity index is 709. The number of aromatic nitrogens is 1. The van der Waals surface area contributed by atoms with Gasteiger partial charge in [0.05, 0.1) is 12.8 Å². The molecule has 0 saturated carbocycles. The molecule has 110 valence electrons. The summed E-state index contributed by atoms with van der Waals surface area (Å²) < 4.78 is 6.46. The molecule has 0 spiro atoms. The Morgan fingerprint density at radius 1 is 1.29 bits per heavy atom. The zero-order valence-electron chi connectivity index (χ0n) is 11.9. The first-order valence-corrected chi connectivity index (χ1v) is 6.44. The normalized spacial score (nSPS) is 11.7. The Balaban J connectivity index is 2.24. The molecule has 0 saturated heterocycles. The molecule has 1 heterocycles. The van der Waals surface area contributed by atoms with E-state index in [0.717, 1.165) is 0 Å². The van der Waals surface area contributed by atoms with Crippen molar-refractivity contribution in [2.45, 2.75) is 13.0 Å². The van der Waals surface area contributed by atoms with Crippen LogP contribution in [0.3, 0.4) is 0 Å². The molecule has 0 fully saturated rings. The standard InChI is InChI=1S/C15H17N3O3/c1-10(18-9-11(16)7-8-14(18)19)15(20)17-12-5-3-4-6-13(12)21-2/h3-10H,16H2,1-2H3,(H,17,20). The molecule has 0 aliphatic rings. The molecule has 1 unspecified atom stereocenters. The molecule has 0 radical (unpaired) electrons. The number of methoxy groups -OCH3 is 1. The lowest BCUT2D eigenvalue weighted by Crippen LogP contribution is -2.31. The van der Waals surface area contributed by atoms with E-state index in [9.17, 15) is 9.59 Å². The van der Waals surface area contributed by atoms with Crippen molar-refractivity contribution in [3.8, 4) is 5.75 Å². The Morgan fingerprint density at radius 3 is 2.71 bits per heavy atom. The number of para-hydroxylation sites is 2. The van der Waals surface area contributed by atoms with Crippen LogP contribution < -0.4 is 21.3 Å². The average Bonchev–Trinajstić information content (AvgIpc) is 2.49. The maximum absolute atomic E-state index is 12.3. The number of carbonyl (C=O) groups excluding carboxylic acids is 1. The van der Waals surface area contributed by atoms with Crippen molar-refractivity contribution >= 4 is 17.3 Å². The second-order valence-electron chi connectivity index (χ2n) is 4.57. The van der Waals surface area contributed by atoms with E-state index in [2.05, 4.69) is 5.32 Å². The molecule has 0 aliphatic heterocycles. The monoisotopic (exact) mass is 287 g/mol. The van der Waals surface area contributed by atoms with Crippen LogP contribution in [0.15, 0.2) is 47.4 Å². The fraction of sp³-hybridized carbons (Fsp3) is 0.200. The summed E-state index contributed by atoms with van der Waals surface area (Å²) in [5, 5.41) is 2.74. The van der Waals surface area contributed by atoms with Crippen LogP contribution in [0.5, 0.6) is 5.75 Å². The highest BCUT2D eigenvalue weighted by Crippen LogP contribution is 2.24. The molecule has 2 rings (SSSR count). The molecule has 6 nitrogen and oxygen atoms in total. The smallest absolute Gasteiger partial charge is 0.251 e. The fourth-order valence-electron chi connectivity index (χ4n) is 1.93. The minimum Gasteiger partial charge on any atom is -0.495 e. The number of hydrogen-bond acceptors (Lipinski definition) is 4. The quantitative estimate of drug-likeness (QED) is 0.895. The molecule has 3 N–H and O–H groups in total. The van der Waals surface area contributed by atoms with Gasteiger partial charge >= 0.3 is 0 Å². The van der Waals surface area contributed by atoms with E-state index in [1.807, 2.05) is 0 Å². The van der Waals surface area contributed by atoms with Crippen LogP contribution in [0.1, 0.15) is 13.0 Å². The second kappa shape index (κ2) is 6.13. The van der Waals surface area contributed by atoms with Crippen molar-refractivity contribution in [3.63, 3.8) is 0 Å². The highest BCUT2D eigenvalue weighted by molar-refractivity contribution is 5.94. The van der Waals surface area contributed by atoms with Gasteiger partial charge in [-0.05, 0) is 25.1 Å². The van der Waals surface area contributed by atoms with Crippen molar-refractivity contribution < 1.29 is 9.53 Å². The fourth-order valence-corrected chi connectivity index (χ4v) is 1.93. The number of benzene rings is 1. The minimum absolute atomic E-state index is 0.285. The van der Waals surface area contributed by atoms with E-state index >= 15 is 0 Å². The summed E-state index contributed by atoms with van der Waals surface area (Å²) in [5.41, 5.74) is 6.34. The van der Waals surface area contributed by atoms with E-state index in [4.69, 9.17) is 10.5 Å². The first-order chi connectivity index (χ1) is 10.0. The third-order valence-corrected chi connectivity index (χ3v) is 3.12. The Morgan fingerprint density at radius 2 is 2.00 bits per heavy atom. The zero-order valence-corrected chi connectivity index (χ0v) is 11.9. The van der Waals surface area contributed by atoms with Crippen LogP contribution in [0.25, 0.3) is 0 Å². The number of pyridine rings is 1. The molecular formula is C15H17N3O3. The lowest BCUT2D eigenvalue weighted by molar-refractivity contribution is -0.118. The molecule has 1 atom stereocenters. The van der Waals surface area contributed by atoms with Crippen LogP contribution in [0.2, 0.25) is 0 Å². The van der Waals surface area contributed by atoms with E-state index in [0.29, 0.717) is 17.1 Å². The summed E-state index contributed by atoms with van der Waals surface area (Å²) >= 11 is 0. The van der Waals surface area contributed by atoms with Crippen LogP contribution in [0, 0.1) is 0 Å². The Kier molecular flexibility index (Phi) is 4.27. The van der Waals surface area contributed by atoms with Crippen molar-refractivity contribution in [3.05, 3.63) is 52.9 Å². The largest absolute Gasteiger partial charge is 0.495 e. The van der Waals surface area contributed by atoms with E-state index < -0.39 is 6.04 Å². The predicted molar refractivity (Wildman–Crippen MR) is 81.4 cm³/mol. The Hall–Kier alpha value is -2.76. The van der Waals surface area contributed by atoms with Gasteiger partial charge < -0.3 is 20.4 Å². The van der Waals surface area contributed by atoms with E-state index in [1.165, 1.54) is 30.0 Å². The molecule has 0 aliphatic carbocycles. The van der Waals surface area contributed by atoms with Crippen molar-refractivity contribution in [1.29, 1.82) is 0 Å². The van der Waals surface area contributed by atoms with Gasteiger partial charge in [-0.25, -0.2) is 0 Å². The third-order valence-electron chi connectivity index (χ3n) is 3.12. The summed E-state index contributed by atoms with van der Waals surface area (Å²) in [5.74, 6) is 0.227. The summed E-state index contributed by atoms with van der Waals surface area (Å²) in [6, 6.07) is 9.21. The lowest BCUT2D eigenvalue weighted by atomic mass is 10.2. The second-order valence-corrected chi connectivity index (χ2v) is 4.57. The highest BCUT2D eigenvalue weighted by atomic mass is 16.5. The maximum Gasteiger partial charge on any atom is 0.251 e. The first kappa shape index (κ1) is 14.6. The van der Waals surface area contributed by atoms with Crippen molar-refractivity contribution in [1.82, 2.24) is 4.57 Å².